The van der Waals surface area contributed by atoms with E-state index in [1.807, 2.05) is 0 Å². The minimum absolute atomic E-state index is 0.104. The van der Waals surface area contributed by atoms with E-state index >= 15 is 0 Å². The van der Waals surface area contributed by atoms with Gasteiger partial charge < -0.3 is 4.74 Å². The van der Waals surface area contributed by atoms with Crippen molar-refractivity contribution in [3.05, 3.63) is 50.9 Å². The van der Waals surface area contributed by atoms with Crippen LogP contribution in [0.5, 0.6) is 0 Å². The van der Waals surface area contributed by atoms with Gasteiger partial charge in [-0.15, -0.1) is 0 Å². The van der Waals surface area contributed by atoms with E-state index in [1.54, 1.807) is 18.2 Å². The fourth-order valence-electron chi connectivity index (χ4n) is 1.93. The molecule has 10 heteroatoms. The Morgan fingerprint density at radius 1 is 1.25 bits per heavy atom. The van der Waals surface area contributed by atoms with Gasteiger partial charge in [-0.2, -0.15) is 0 Å². The molecule has 0 bridgehead atoms. The SMILES string of the molecule is COC(=O)c1ccc2nc(NC(=O)c3ccc([N+](=O)[O-])s3)sc2c1. The smallest absolute Gasteiger partial charge is 0.337 e. The average molecular weight is 363 g/mol. The number of fused-ring (bicyclic) bond motifs is 1. The molecule has 0 aliphatic carbocycles. The average Bonchev–Trinajstić information content (AvgIpc) is 3.19. The first-order valence-corrected chi connectivity index (χ1v) is 8.15. The van der Waals surface area contributed by atoms with Crippen molar-refractivity contribution in [2.75, 3.05) is 12.4 Å². The van der Waals surface area contributed by atoms with Crippen LogP contribution in [-0.2, 0) is 4.74 Å². The summed E-state index contributed by atoms with van der Waals surface area (Å²) in [7, 11) is 1.30. The van der Waals surface area contributed by atoms with Gasteiger partial charge in [0, 0.05) is 6.07 Å². The van der Waals surface area contributed by atoms with Gasteiger partial charge in [0.15, 0.2) is 5.13 Å². The number of nitrogens with one attached hydrogen (secondary N) is 1. The zero-order valence-electron chi connectivity index (χ0n) is 12.1. The third-order valence-electron chi connectivity index (χ3n) is 3.03. The summed E-state index contributed by atoms with van der Waals surface area (Å²) < 4.78 is 5.37. The maximum atomic E-state index is 12.1. The second-order valence-electron chi connectivity index (χ2n) is 4.54. The van der Waals surface area contributed by atoms with Gasteiger partial charge in [-0.25, -0.2) is 9.78 Å². The molecule has 122 valence electrons. The molecule has 0 atom stereocenters. The first-order chi connectivity index (χ1) is 11.5. The van der Waals surface area contributed by atoms with Gasteiger partial charge in [0.05, 0.1) is 32.7 Å². The number of rotatable bonds is 4. The number of aromatic nitrogens is 1. The van der Waals surface area contributed by atoms with Crippen LogP contribution in [0, 0.1) is 10.1 Å². The van der Waals surface area contributed by atoms with Crippen molar-refractivity contribution in [1.82, 2.24) is 4.98 Å². The summed E-state index contributed by atoms with van der Waals surface area (Å²) in [6.07, 6.45) is 0. The van der Waals surface area contributed by atoms with Gasteiger partial charge in [0.2, 0.25) is 0 Å². The Morgan fingerprint density at radius 2 is 2.04 bits per heavy atom. The number of ether oxygens (including phenoxy) is 1. The number of thiazole rings is 1. The number of nitro groups is 1. The molecule has 0 saturated carbocycles. The van der Waals surface area contributed by atoms with E-state index in [1.165, 1.54) is 30.6 Å². The molecular formula is C14H9N3O5S2. The lowest BCUT2D eigenvalue weighted by Crippen LogP contribution is -2.09. The molecule has 3 rings (SSSR count). The molecule has 1 N–H and O–H groups in total. The molecule has 0 aliphatic rings. The van der Waals surface area contributed by atoms with E-state index in [0.29, 0.717) is 20.9 Å². The molecule has 0 unspecified atom stereocenters. The monoisotopic (exact) mass is 363 g/mol. The normalized spacial score (nSPS) is 10.5. The largest absolute Gasteiger partial charge is 0.465 e. The summed E-state index contributed by atoms with van der Waals surface area (Å²) in [6, 6.07) is 7.54. The van der Waals surface area contributed by atoms with E-state index in [2.05, 4.69) is 15.0 Å². The van der Waals surface area contributed by atoms with Crippen LogP contribution in [0.4, 0.5) is 10.1 Å². The number of benzene rings is 1. The van der Waals surface area contributed by atoms with Crippen molar-refractivity contribution in [3.8, 4) is 0 Å². The number of anilines is 1. The van der Waals surface area contributed by atoms with E-state index in [0.717, 1.165) is 11.3 Å². The van der Waals surface area contributed by atoms with E-state index < -0.39 is 16.8 Å². The van der Waals surface area contributed by atoms with Gasteiger partial charge in [-0.3, -0.25) is 20.2 Å². The number of thiophene rings is 1. The molecule has 24 heavy (non-hydrogen) atoms. The van der Waals surface area contributed by atoms with Crippen LogP contribution < -0.4 is 5.32 Å². The molecule has 2 heterocycles. The second kappa shape index (κ2) is 6.34. The van der Waals surface area contributed by atoms with Crippen LogP contribution in [0.3, 0.4) is 0 Å². The van der Waals surface area contributed by atoms with Crippen molar-refractivity contribution in [2.45, 2.75) is 0 Å². The number of hydrogen-bond acceptors (Lipinski definition) is 8. The molecule has 2 aromatic heterocycles. The number of nitrogens with zero attached hydrogens (tertiary/aromatic N) is 2. The predicted molar refractivity (Wildman–Crippen MR) is 89.9 cm³/mol. The first-order valence-electron chi connectivity index (χ1n) is 6.52. The van der Waals surface area contributed by atoms with Crippen LogP contribution in [0.15, 0.2) is 30.3 Å². The van der Waals surface area contributed by atoms with E-state index in [4.69, 9.17) is 0 Å². The van der Waals surface area contributed by atoms with Crippen molar-refractivity contribution >= 4 is 54.9 Å². The highest BCUT2D eigenvalue weighted by atomic mass is 32.1. The Balaban J connectivity index is 1.82. The summed E-state index contributed by atoms with van der Waals surface area (Å²) in [5.74, 6) is -0.929. The van der Waals surface area contributed by atoms with Gasteiger partial charge in [0.25, 0.3) is 5.91 Å². The summed E-state index contributed by atoms with van der Waals surface area (Å²) in [5, 5.41) is 13.5. The molecule has 0 spiro atoms. The molecule has 0 radical (unpaired) electrons. The molecule has 3 aromatic rings. The fraction of sp³-hybridized carbons (Fsp3) is 0.0714. The summed E-state index contributed by atoms with van der Waals surface area (Å²) in [4.78, 5) is 38.2. The minimum atomic E-state index is -0.548. The van der Waals surface area contributed by atoms with Crippen LogP contribution in [0.2, 0.25) is 0 Å². The van der Waals surface area contributed by atoms with Crippen LogP contribution in [-0.4, -0.2) is 28.9 Å². The molecule has 1 amide bonds. The third-order valence-corrected chi connectivity index (χ3v) is 4.99. The number of amides is 1. The zero-order chi connectivity index (χ0) is 17.3. The van der Waals surface area contributed by atoms with E-state index in [-0.39, 0.29) is 9.88 Å². The lowest BCUT2D eigenvalue weighted by molar-refractivity contribution is -0.380. The minimum Gasteiger partial charge on any atom is -0.465 e. The molecule has 0 saturated heterocycles. The second-order valence-corrected chi connectivity index (χ2v) is 6.64. The van der Waals surface area contributed by atoms with Crippen LogP contribution >= 0.6 is 22.7 Å². The summed E-state index contributed by atoms with van der Waals surface area (Å²) >= 11 is 1.98. The maximum Gasteiger partial charge on any atom is 0.337 e. The third kappa shape index (κ3) is 3.09. The number of esters is 1. The number of carbonyl (C=O) groups excluding carboxylic acids is 2. The number of carbonyl (C=O) groups is 2. The van der Waals surface area contributed by atoms with Crippen molar-refractivity contribution in [1.29, 1.82) is 0 Å². The Labute approximate surface area is 142 Å². The molecule has 8 nitrogen and oxygen atoms in total. The zero-order valence-corrected chi connectivity index (χ0v) is 13.8. The summed E-state index contributed by atoms with van der Waals surface area (Å²) in [6.45, 7) is 0. The standard InChI is InChI=1S/C14H9N3O5S2/c1-22-13(19)7-2-3-8-10(6-7)24-14(15-8)16-12(18)9-4-5-11(23-9)17(20)21/h2-6H,1H3,(H,15,16,18). The number of methoxy groups -OCH3 is 1. The quantitative estimate of drug-likeness (QED) is 0.432. The molecular weight excluding hydrogens is 354 g/mol. The van der Waals surface area contributed by atoms with Crippen molar-refractivity contribution in [2.24, 2.45) is 0 Å². The van der Waals surface area contributed by atoms with Gasteiger partial charge in [0.1, 0.15) is 0 Å². The maximum absolute atomic E-state index is 12.1. The highest BCUT2D eigenvalue weighted by molar-refractivity contribution is 7.22. The highest BCUT2D eigenvalue weighted by Gasteiger charge is 2.17. The Bertz CT molecular complexity index is 962. The Kier molecular flexibility index (Phi) is 4.23. The lowest BCUT2D eigenvalue weighted by atomic mass is 10.2. The molecule has 0 fully saturated rings. The topological polar surface area (TPSA) is 111 Å². The lowest BCUT2D eigenvalue weighted by Gasteiger charge is -1.97. The fourth-order valence-corrected chi connectivity index (χ4v) is 3.55. The highest BCUT2D eigenvalue weighted by Crippen LogP contribution is 2.29. The number of hydrogen-bond donors (Lipinski definition) is 1. The van der Waals surface area contributed by atoms with Crippen LogP contribution in [0.25, 0.3) is 10.2 Å². The molecule has 0 aliphatic heterocycles. The Morgan fingerprint density at radius 3 is 2.71 bits per heavy atom. The van der Waals surface area contributed by atoms with Crippen molar-refractivity contribution < 1.29 is 19.2 Å². The van der Waals surface area contributed by atoms with Gasteiger partial charge >= 0.3 is 11.0 Å². The van der Waals surface area contributed by atoms with Crippen LogP contribution in [0.1, 0.15) is 20.0 Å². The summed E-state index contributed by atoms with van der Waals surface area (Å²) in [5.41, 5.74) is 1.01. The first kappa shape index (κ1) is 16.0. The van der Waals surface area contributed by atoms with E-state index in [9.17, 15) is 19.7 Å². The van der Waals surface area contributed by atoms with Crippen molar-refractivity contribution in [3.63, 3.8) is 0 Å². The van der Waals surface area contributed by atoms with Gasteiger partial charge in [-0.1, -0.05) is 22.7 Å². The Hall–Kier alpha value is -2.85. The predicted octanol–water partition coefficient (Wildman–Crippen LogP) is 3.30. The molecule has 1 aromatic carbocycles. The van der Waals surface area contributed by atoms with Gasteiger partial charge in [-0.05, 0) is 24.3 Å².